The first-order valence-electron chi connectivity index (χ1n) is 8.60. The van der Waals surface area contributed by atoms with Crippen LogP contribution in [0.2, 0.25) is 10.0 Å². The van der Waals surface area contributed by atoms with Crippen LogP contribution in [-0.4, -0.2) is 29.8 Å². The molecule has 0 bridgehead atoms. The molecule has 2 amide bonds. The molecular weight excluding hydrogens is 371 g/mol. The van der Waals surface area contributed by atoms with E-state index in [0.29, 0.717) is 34.3 Å². The summed E-state index contributed by atoms with van der Waals surface area (Å²) in [6, 6.07) is 13.1. The summed E-state index contributed by atoms with van der Waals surface area (Å²) in [5, 5.41) is 1.08. The number of benzene rings is 2. The van der Waals surface area contributed by atoms with Crippen molar-refractivity contribution in [2.24, 2.45) is 5.73 Å². The summed E-state index contributed by atoms with van der Waals surface area (Å²) in [6.07, 6.45) is 3.57. The molecule has 0 aliphatic heterocycles. The molecule has 2 rings (SSSR count). The van der Waals surface area contributed by atoms with E-state index >= 15 is 0 Å². The van der Waals surface area contributed by atoms with Gasteiger partial charge in [0.05, 0.1) is 0 Å². The largest absolute Gasteiger partial charge is 0.330 e. The highest BCUT2D eigenvalue weighted by Gasteiger charge is 2.23. The van der Waals surface area contributed by atoms with Crippen molar-refractivity contribution in [1.82, 2.24) is 4.90 Å². The molecule has 6 heteroatoms. The Balaban J connectivity index is 2.17. The molecule has 138 valence electrons. The number of carbonyl (C=O) groups is 2. The summed E-state index contributed by atoms with van der Waals surface area (Å²) in [5.41, 5.74) is 6.36. The monoisotopic (exact) mass is 392 g/mol. The van der Waals surface area contributed by atoms with Gasteiger partial charge < -0.3 is 5.73 Å². The Morgan fingerprint density at radius 2 is 1.15 bits per heavy atom. The average molecular weight is 393 g/mol. The van der Waals surface area contributed by atoms with Crippen molar-refractivity contribution >= 4 is 35.0 Å². The van der Waals surface area contributed by atoms with E-state index in [1.165, 1.54) is 4.90 Å². The first kappa shape index (κ1) is 20.4. The van der Waals surface area contributed by atoms with Gasteiger partial charge in [0.1, 0.15) is 0 Å². The highest BCUT2D eigenvalue weighted by molar-refractivity contribution is 6.31. The minimum atomic E-state index is -0.333. The van der Waals surface area contributed by atoms with Gasteiger partial charge in [-0.05, 0) is 67.9 Å². The molecule has 2 aromatic rings. The summed E-state index contributed by atoms with van der Waals surface area (Å²) in [5.74, 6) is -0.666. The van der Waals surface area contributed by atoms with E-state index in [0.717, 1.165) is 25.7 Å². The number of hydrogen-bond donors (Lipinski definition) is 1. The summed E-state index contributed by atoms with van der Waals surface area (Å²) in [4.78, 5) is 27.0. The van der Waals surface area contributed by atoms with Crippen molar-refractivity contribution in [3.63, 3.8) is 0 Å². The van der Waals surface area contributed by atoms with E-state index in [1.807, 2.05) is 0 Å². The van der Waals surface area contributed by atoms with Crippen molar-refractivity contribution in [2.45, 2.75) is 25.7 Å². The Kier molecular flexibility index (Phi) is 8.10. The van der Waals surface area contributed by atoms with Crippen LogP contribution in [-0.2, 0) is 0 Å². The number of nitrogens with two attached hydrogens (primary N) is 1. The lowest BCUT2D eigenvalue weighted by atomic mass is 10.1. The molecule has 0 unspecified atom stereocenters. The third kappa shape index (κ3) is 5.84. The molecular formula is C20H22Cl2N2O2. The molecule has 26 heavy (non-hydrogen) atoms. The molecule has 0 saturated heterocycles. The van der Waals surface area contributed by atoms with Crippen molar-refractivity contribution in [2.75, 3.05) is 13.1 Å². The number of nitrogens with zero attached hydrogens (tertiary/aromatic N) is 1. The minimum Gasteiger partial charge on any atom is -0.330 e. The third-order valence-electron chi connectivity index (χ3n) is 4.01. The number of hydrogen-bond acceptors (Lipinski definition) is 3. The van der Waals surface area contributed by atoms with E-state index in [9.17, 15) is 9.59 Å². The van der Waals surface area contributed by atoms with Crippen molar-refractivity contribution in [3.8, 4) is 0 Å². The van der Waals surface area contributed by atoms with Gasteiger partial charge in [0.25, 0.3) is 11.8 Å². The standard InChI is InChI=1S/C20H22Cl2N2O2/c21-17-9-5-15(6-10-17)19(25)24(14-4-2-1-3-13-23)20(26)16-7-11-18(22)12-8-16/h5-12H,1-4,13-14,23H2. The molecule has 2 N–H and O–H groups in total. The highest BCUT2D eigenvalue weighted by Crippen LogP contribution is 2.16. The van der Waals surface area contributed by atoms with Crippen LogP contribution in [0.4, 0.5) is 0 Å². The van der Waals surface area contributed by atoms with E-state index in [2.05, 4.69) is 0 Å². The van der Waals surface area contributed by atoms with E-state index < -0.39 is 0 Å². The van der Waals surface area contributed by atoms with Gasteiger partial charge in [-0.25, -0.2) is 0 Å². The van der Waals surface area contributed by atoms with Crippen molar-refractivity contribution < 1.29 is 9.59 Å². The van der Waals surface area contributed by atoms with Crippen molar-refractivity contribution in [3.05, 3.63) is 69.7 Å². The molecule has 0 heterocycles. The lowest BCUT2D eigenvalue weighted by Gasteiger charge is -2.21. The second-order valence-corrected chi connectivity index (χ2v) is 6.85. The zero-order valence-corrected chi connectivity index (χ0v) is 16.0. The van der Waals surface area contributed by atoms with Crippen LogP contribution in [0, 0.1) is 0 Å². The van der Waals surface area contributed by atoms with Gasteiger partial charge in [0.15, 0.2) is 0 Å². The Morgan fingerprint density at radius 3 is 1.58 bits per heavy atom. The molecule has 0 aliphatic carbocycles. The summed E-state index contributed by atoms with van der Waals surface area (Å²) < 4.78 is 0. The molecule has 2 aromatic carbocycles. The summed E-state index contributed by atoms with van der Waals surface area (Å²) in [6.45, 7) is 1.00. The fourth-order valence-electron chi connectivity index (χ4n) is 2.56. The van der Waals surface area contributed by atoms with Crippen LogP contribution < -0.4 is 5.73 Å². The first-order chi connectivity index (χ1) is 12.5. The van der Waals surface area contributed by atoms with Gasteiger partial charge in [-0.15, -0.1) is 0 Å². The maximum absolute atomic E-state index is 12.9. The molecule has 4 nitrogen and oxygen atoms in total. The predicted molar refractivity (Wildman–Crippen MR) is 106 cm³/mol. The SMILES string of the molecule is NCCCCCCN(C(=O)c1ccc(Cl)cc1)C(=O)c1ccc(Cl)cc1. The first-order valence-corrected chi connectivity index (χ1v) is 9.36. The van der Waals surface area contributed by atoms with Gasteiger partial charge in [-0.3, -0.25) is 14.5 Å². The van der Waals surface area contributed by atoms with Gasteiger partial charge in [-0.2, -0.15) is 0 Å². The second kappa shape index (κ2) is 10.3. The molecule has 0 spiro atoms. The summed E-state index contributed by atoms with van der Waals surface area (Å²) in [7, 11) is 0. The number of halogens is 2. The van der Waals surface area contributed by atoms with Gasteiger partial charge in [0.2, 0.25) is 0 Å². The Bertz CT molecular complexity index is 673. The van der Waals surface area contributed by atoms with Crippen LogP contribution in [0.25, 0.3) is 0 Å². The minimum absolute atomic E-state index is 0.333. The molecule has 0 aliphatic rings. The molecule has 0 fully saturated rings. The van der Waals surface area contributed by atoms with Crippen LogP contribution in [0.3, 0.4) is 0 Å². The maximum Gasteiger partial charge on any atom is 0.260 e. The molecule has 0 aromatic heterocycles. The summed E-state index contributed by atoms with van der Waals surface area (Å²) >= 11 is 11.8. The van der Waals surface area contributed by atoms with Gasteiger partial charge >= 0.3 is 0 Å². The number of imide groups is 1. The Hall–Kier alpha value is -1.88. The third-order valence-corrected chi connectivity index (χ3v) is 4.51. The molecule has 0 saturated carbocycles. The van der Waals surface area contributed by atoms with E-state index in [1.54, 1.807) is 48.5 Å². The maximum atomic E-state index is 12.9. The predicted octanol–water partition coefficient (Wildman–Crippen LogP) is 4.80. The fraction of sp³-hybridized carbons (Fsp3) is 0.300. The van der Waals surface area contributed by atoms with Gasteiger partial charge in [-0.1, -0.05) is 36.0 Å². The Labute approximate surface area is 163 Å². The second-order valence-electron chi connectivity index (χ2n) is 5.98. The average Bonchev–Trinajstić information content (AvgIpc) is 2.65. The quantitative estimate of drug-likeness (QED) is 0.518. The lowest BCUT2D eigenvalue weighted by molar-refractivity contribution is 0.0613. The molecule has 0 atom stereocenters. The molecule has 0 radical (unpaired) electrons. The number of unbranched alkanes of at least 4 members (excludes halogenated alkanes) is 3. The normalized spacial score (nSPS) is 10.6. The Morgan fingerprint density at radius 1 is 0.731 bits per heavy atom. The zero-order valence-electron chi connectivity index (χ0n) is 14.5. The van der Waals surface area contributed by atoms with Crippen LogP contribution >= 0.6 is 23.2 Å². The zero-order chi connectivity index (χ0) is 18.9. The fourth-order valence-corrected chi connectivity index (χ4v) is 2.81. The van der Waals surface area contributed by atoms with E-state index in [4.69, 9.17) is 28.9 Å². The van der Waals surface area contributed by atoms with E-state index in [-0.39, 0.29) is 11.8 Å². The van der Waals surface area contributed by atoms with Crippen molar-refractivity contribution in [1.29, 1.82) is 0 Å². The highest BCUT2D eigenvalue weighted by atomic mass is 35.5. The number of amides is 2. The topological polar surface area (TPSA) is 63.4 Å². The van der Waals surface area contributed by atoms with Gasteiger partial charge in [0, 0.05) is 27.7 Å². The van der Waals surface area contributed by atoms with Crippen LogP contribution in [0.1, 0.15) is 46.4 Å². The smallest absolute Gasteiger partial charge is 0.260 e. The number of carbonyl (C=O) groups excluding carboxylic acids is 2. The van der Waals surface area contributed by atoms with Crippen LogP contribution in [0.5, 0.6) is 0 Å². The number of rotatable bonds is 8. The lowest BCUT2D eigenvalue weighted by Crippen LogP contribution is -2.37. The van der Waals surface area contributed by atoms with Crippen LogP contribution in [0.15, 0.2) is 48.5 Å².